The van der Waals surface area contributed by atoms with Crippen LogP contribution in [0.1, 0.15) is 26.7 Å². The molecule has 9 nitrogen and oxygen atoms in total. The van der Waals surface area contributed by atoms with E-state index in [1.165, 1.54) is 12.1 Å². The first kappa shape index (κ1) is 28.6. The fourth-order valence-corrected chi connectivity index (χ4v) is 5.89. The van der Waals surface area contributed by atoms with Crippen LogP contribution in [0.2, 0.25) is 0 Å². The second-order valence-electron chi connectivity index (χ2n) is 9.09. The number of benzene rings is 2. The summed E-state index contributed by atoms with van der Waals surface area (Å²) in [5, 5.41) is 11.8. The summed E-state index contributed by atoms with van der Waals surface area (Å²) < 4.78 is 32.0. The van der Waals surface area contributed by atoms with Gasteiger partial charge in [0.2, 0.25) is 5.91 Å². The van der Waals surface area contributed by atoms with E-state index in [0.717, 1.165) is 25.9 Å². The third-order valence-electron chi connectivity index (χ3n) is 5.75. The molecule has 1 heterocycles. The number of hydroxylamine groups is 1. The van der Waals surface area contributed by atoms with E-state index in [4.69, 9.17) is 4.74 Å². The molecule has 0 aromatic heterocycles. The van der Waals surface area contributed by atoms with Gasteiger partial charge >= 0.3 is 0 Å². The van der Waals surface area contributed by atoms with Crippen LogP contribution in [0.4, 0.5) is 0 Å². The normalized spacial score (nSPS) is 15.1. The lowest BCUT2D eigenvalue weighted by Gasteiger charge is -2.33. The molecule has 0 radical (unpaired) electrons. The molecular weight excluding hydrogens is 494 g/mol. The number of likely N-dealkylation sites (tertiary alicyclic amines) is 1. The maximum absolute atomic E-state index is 13.1. The maximum atomic E-state index is 13.1. The predicted molar refractivity (Wildman–Crippen MR) is 134 cm³/mol. The molecule has 0 unspecified atom stereocenters. The van der Waals surface area contributed by atoms with Crippen LogP contribution in [0, 0.1) is 5.41 Å². The van der Waals surface area contributed by atoms with Crippen LogP contribution in [0.3, 0.4) is 0 Å². The maximum Gasteiger partial charge on any atom is 0.266 e. The Morgan fingerprint density at radius 2 is 1.60 bits per heavy atom. The molecule has 3 N–H and O–H groups in total. The lowest BCUT2D eigenvalue weighted by Crippen LogP contribution is -2.57. The molecule has 1 atom stereocenters. The zero-order valence-electron chi connectivity index (χ0n) is 19.8. The van der Waals surface area contributed by atoms with Crippen molar-refractivity contribution in [1.82, 2.24) is 15.7 Å². The first-order chi connectivity index (χ1) is 16.1. The summed E-state index contributed by atoms with van der Waals surface area (Å²) in [6.45, 7) is 4.83. The molecule has 2 aromatic rings. The van der Waals surface area contributed by atoms with E-state index < -0.39 is 38.9 Å². The predicted octanol–water partition coefficient (Wildman–Crippen LogP) is 2.79. The molecule has 2 aromatic carbocycles. The number of sulfone groups is 1. The summed E-state index contributed by atoms with van der Waals surface area (Å²) >= 11 is 0. The van der Waals surface area contributed by atoms with E-state index in [1.54, 1.807) is 43.6 Å². The van der Waals surface area contributed by atoms with Crippen LogP contribution in [0.5, 0.6) is 11.5 Å². The van der Waals surface area contributed by atoms with Gasteiger partial charge in [-0.15, -0.1) is 12.4 Å². The second kappa shape index (κ2) is 12.3. The Morgan fingerprint density at radius 1 is 1.03 bits per heavy atom. The zero-order valence-corrected chi connectivity index (χ0v) is 21.4. The highest BCUT2D eigenvalue weighted by atomic mass is 35.5. The first-order valence-corrected chi connectivity index (χ1v) is 12.8. The van der Waals surface area contributed by atoms with Crippen molar-refractivity contribution in [3.8, 4) is 11.5 Å². The highest BCUT2D eigenvalue weighted by Gasteiger charge is 2.40. The number of hydrogen-bond donors (Lipinski definition) is 3. The molecule has 1 aliphatic heterocycles. The van der Waals surface area contributed by atoms with Crippen molar-refractivity contribution in [3.63, 3.8) is 0 Å². The highest BCUT2D eigenvalue weighted by Crippen LogP contribution is 2.29. The van der Waals surface area contributed by atoms with Crippen LogP contribution in [0.15, 0.2) is 59.5 Å². The third-order valence-corrected chi connectivity index (χ3v) is 7.86. The molecule has 192 valence electrons. The molecule has 1 fully saturated rings. The van der Waals surface area contributed by atoms with Crippen LogP contribution in [0.25, 0.3) is 0 Å². The van der Waals surface area contributed by atoms with Gasteiger partial charge in [-0.05, 0) is 62.3 Å². The van der Waals surface area contributed by atoms with Crippen molar-refractivity contribution >= 4 is 34.1 Å². The third kappa shape index (κ3) is 7.93. The average Bonchev–Trinajstić information content (AvgIpc) is 3.30. The zero-order chi connectivity index (χ0) is 24.8. The Bertz CT molecular complexity index is 1090. The van der Waals surface area contributed by atoms with Gasteiger partial charge in [-0.3, -0.25) is 19.7 Å². The minimum Gasteiger partial charge on any atom is -0.457 e. The molecule has 3 rings (SSSR count). The van der Waals surface area contributed by atoms with E-state index in [1.807, 2.05) is 23.1 Å². The number of nitrogens with zero attached hydrogens (tertiary/aromatic N) is 1. The minimum absolute atomic E-state index is 0. The lowest BCUT2D eigenvalue weighted by atomic mass is 9.86. The van der Waals surface area contributed by atoms with Gasteiger partial charge < -0.3 is 10.1 Å². The number of hydrogen-bond acceptors (Lipinski definition) is 7. The summed E-state index contributed by atoms with van der Waals surface area (Å²) in [6.07, 6.45) is 2.01. The number of amides is 2. The largest absolute Gasteiger partial charge is 0.457 e. The van der Waals surface area contributed by atoms with Crippen LogP contribution in [-0.2, 0) is 19.4 Å². The Hall–Kier alpha value is -2.66. The van der Waals surface area contributed by atoms with Crippen molar-refractivity contribution in [2.24, 2.45) is 5.41 Å². The number of para-hydroxylation sites is 1. The lowest BCUT2D eigenvalue weighted by molar-refractivity contribution is -0.137. The van der Waals surface area contributed by atoms with Crippen molar-refractivity contribution in [2.45, 2.75) is 37.6 Å². The minimum atomic E-state index is -3.83. The summed E-state index contributed by atoms with van der Waals surface area (Å²) in [5.41, 5.74) is 0.331. The molecule has 1 saturated heterocycles. The molecule has 11 heteroatoms. The van der Waals surface area contributed by atoms with Gasteiger partial charge in [-0.1, -0.05) is 32.0 Å². The first-order valence-electron chi connectivity index (χ1n) is 11.1. The van der Waals surface area contributed by atoms with Crippen LogP contribution < -0.4 is 15.5 Å². The number of halogens is 1. The monoisotopic (exact) mass is 525 g/mol. The molecule has 35 heavy (non-hydrogen) atoms. The SMILES string of the molecule is CC(C)(CS(=O)(=O)c1ccc(Oc2ccccc2)cc1)[C@H](NC(=O)CN1CCCC1)C(=O)NO.Cl. The summed E-state index contributed by atoms with van der Waals surface area (Å²) in [7, 11) is -3.83. The molecule has 2 amide bonds. The molecule has 0 aliphatic carbocycles. The van der Waals surface area contributed by atoms with Crippen molar-refractivity contribution in [2.75, 3.05) is 25.4 Å². The standard InChI is InChI=1S/C24H31N3O6S.ClH/c1-24(2,22(23(29)26-30)25-21(28)16-27-14-6-7-15-27)17-34(31,32)20-12-10-19(11-13-20)33-18-8-4-3-5-9-18;/h3-5,8-13,22,30H,6-7,14-17H2,1-2H3,(H,25,28)(H,26,29);1H/t22-;/m1./s1. The second-order valence-corrected chi connectivity index (χ2v) is 11.1. The smallest absolute Gasteiger partial charge is 0.266 e. The van der Waals surface area contributed by atoms with E-state index in [9.17, 15) is 23.2 Å². The van der Waals surface area contributed by atoms with Gasteiger partial charge in [0.1, 0.15) is 17.5 Å². The number of ether oxygens (including phenoxy) is 1. The van der Waals surface area contributed by atoms with Gasteiger partial charge in [0.25, 0.3) is 5.91 Å². The molecule has 1 aliphatic rings. The van der Waals surface area contributed by atoms with Crippen molar-refractivity contribution in [3.05, 3.63) is 54.6 Å². The number of nitrogens with one attached hydrogen (secondary N) is 2. The fraction of sp³-hybridized carbons (Fsp3) is 0.417. The van der Waals surface area contributed by atoms with Gasteiger partial charge in [0.05, 0.1) is 17.2 Å². The van der Waals surface area contributed by atoms with Gasteiger partial charge in [-0.2, -0.15) is 0 Å². The Balaban J connectivity index is 0.00000432. The average molecular weight is 526 g/mol. The molecule has 0 bridgehead atoms. The molecular formula is C24H32ClN3O6S. The quantitative estimate of drug-likeness (QED) is 0.322. The van der Waals surface area contributed by atoms with Crippen molar-refractivity contribution in [1.29, 1.82) is 0 Å². The van der Waals surface area contributed by atoms with Gasteiger partial charge in [-0.25, -0.2) is 13.9 Å². The molecule has 0 saturated carbocycles. The van der Waals surface area contributed by atoms with Crippen LogP contribution in [-0.4, -0.2) is 61.8 Å². The van der Waals surface area contributed by atoms with E-state index >= 15 is 0 Å². The Morgan fingerprint density at radius 3 is 2.17 bits per heavy atom. The Kier molecular flexibility index (Phi) is 10.1. The fourth-order valence-electron chi connectivity index (χ4n) is 4.03. The molecule has 0 spiro atoms. The number of carbonyl (C=O) groups is 2. The summed E-state index contributed by atoms with van der Waals surface area (Å²) in [6, 6.07) is 13.9. The van der Waals surface area contributed by atoms with E-state index in [2.05, 4.69) is 5.32 Å². The van der Waals surface area contributed by atoms with Crippen molar-refractivity contribution < 1.29 is 28.0 Å². The van der Waals surface area contributed by atoms with Gasteiger partial charge in [0.15, 0.2) is 9.84 Å². The number of rotatable bonds is 10. The topological polar surface area (TPSA) is 125 Å². The van der Waals surface area contributed by atoms with E-state index in [-0.39, 0.29) is 23.8 Å². The van der Waals surface area contributed by atoms with E-state index in [0.29, 0.717) is 11.5 Å². The van der Waals surface area contributed by atoms with Crippen LogP contribution >= 0.6 is 12.4 Å². The van der Waals surface area contributed by atoms with Gasteiger partial charge in [0, 0.05) is 5.41 Å². The Labute approximate surface area is 212 Å². The number of carbonyl (C=O) groups excluding carboxylic acids is 2. The summed E-state index contributed by atoms with van der Waals surface area (Å²) in [5.74, 6) is -0.594. The highest BCUT2D eigenvalue weighted by molar-refractivity contribution is 7.91. The summed E-state index contributed by atoms with van der Waals surface area (Å²) in [4.78, 5) is 26.9.